The van der Waals surface area contributed by atoms with Gasteiger partial charge in [-0.1, -0.05) is 24.3 Å². The van der Waals surface area contributed by atoms with Crippen LogP contribution in [-0.2, 0) is 17.8 Å². The maximum Gasteiger partial charge on any atom is 0.268 e. The second kappa shape index (κ2) is 11.4. The van der Waals surface area contributed by atoms with Crippen LogP contribution in [-0.4, -0.2) is 26.0 Å². The van der Waals surface area contributed by atoms with Gasteiger partial charge in [-0.3, -0.25) is 9.59 Å². The Morgan fingerprint density at radius 2 is 1.85 bits per heavy atom. The number of amides is 2. The molecule has 0 bridgehead atoms. The third kappa shape index (κ3) is 6.13. The van der Waals surface area contributed by atoms with Crippen LogP contribution in [0.25, 0.3) is 6.08 Å². The molecule has 0 aliphatic rings. The lowest BCUT2D eigenvalue weighted by atomic mass is 10.1. The Labute approximate surface area is 192 Å². The fourth-order valence-electron chi connectivity index (χ4n) is 3.25. The van der Waals surface area contributed by atoms with Crippen LogP contribution in [0.15, 0.2) is 83.6 Å². The van der Waals surface area contributed by atoms with Gasteiger partial charge in [0.05, 0.1) is 20.5 Å². The fourth-order valence-corrected chi connectivity index (χ4v) is 3.25. The summed E-state index contributed by atoms with van der Waals surface area (Å²) < 4.78 is 16.2. The van der Waals surface area contributed by atoms with Crippen LogP contribution in [0.1, 0.15) is 27.2 Å². The molecule has 0 saturated heterocycles. The first kappa shape index (κ1) is 23.4. The van der Waals surface area contributed by atoms with E-state index in [0.29, 0.717) is 29.2 Å². The van der Waals surface area contributed by atoms with E-state index in [9.17, 15) is 9.59 Å². The molecular formula is C26H26N2O5. The molecule has 2 aromatic carbocycles. The van der Waals surface area contributed by atoms with Crippen LogP contribution in [0.3, 0.4) is 0 Å². The summed E-state index contributed by atoms with van der Waals surface area (Å²) in [6.07, 6.45) is 5.32. The molecule has 170 valence electrons. The zero-order valence-corrected chi connectivity index (χ0v) is 18.6. The van der Waals surface area contributed by atoms with E-state index < -0.39 is 11.8 Å². The number of benzene rings is 2. The average Bonchev–Trinajstić information content (AvgIpc) is 3.35. The predicted molar refractivity (Wildman–Crippen MR) is 126 cm³/mol. The highest BCUT2D eigenvalue weighted by atomic mass is 16.5. The zero-order valence-electron chi connectivity index (χ0n) is 18.6. The van der Waals surface area contributed by atoms with Crippen molar-refractivity contribution < 1.29 is 23.5 Å². The third-order valence-electron chi connectivity index (χ3n) is 4.79. The van der Waals surface area contributed by atoms with Gasteiger partial charge in [0, 0.05) is 23.7 Å². The Kier molecular flexibility index (Phi) is 8.07. The number of methoxy groups -OCH3 is 2. The number of hydrogen-bond acceptors (Lipinski definition) is 5. The molecule has 0 aliphatic heterocycles. The Morgan fingerprint density at radius 3 is 2.48 bits per heavy atom. The molecular weight excluding hydrogens is 420 g/mol. The van der Waals surface area contributed by atoms with Crippen LogP contribution < -0.4 is 20.1 Å². The van der Waals surface area contributed by atoms with E-state index in [1.54, 1.807) is 62.8 Å². The van der Waals surface area contributed by atoms with Crippen LogP contribution >= 0.6 is 0 Å². The Hall–Kier alpha value is -4.26. The zero-order chi connectivity index (χ0) is 23.6. The van der Waals surface area contributed by atoms with Crippen LogP contribution in [0.2, 0.25) is 0 Å². The van der Waals surface area contributed by atoms with Crippen molar-refractivity contribution >= 4 is 17.9 Å². The van der Waals surface area contributed by atoms with Gasteiger partial charge in [0.25, 0.3) is 11.8 Å². The molecule has 2 amide bonds. The second-order valence-electron chi connectivity index (χ2n) is 7.06. The first-order valence-electron chi connectivity index (χ1n) is 10.3. The van der Waals surface area contributed by atoms with E-state index in [-0.39, 0.29) is 12.2 Å². The topological polar surface area (TPSA) is 89.8 Å². The maximum atomic E-state index is 13.0. The van der Waals surface area contributed by atoms with Crippen LogP contribution in [0, 0.1) is 0 Å². The van der Waals surface area contributed by atoms with Gasteiger partial charge in [-0.05, 0) is 48.4 Å². The molecule has 1 heterocycles. The lowest BCUT2D eigenvalue weighted by Crippen LogP contribution is -2.34. The molecule has 0 atom stereocenters. The quantitative estimate of drug-likeness (QED) is 0.361. The van der Waals surface area contributed by atoms with Gasteiger partial charge >= 0.3 is 0 Å². The minimum Gasteiger partial charge on any atom is -0.493 e. The van der Waals surface area contributed by atoms with Crippen molar-refractivity contribution in [3.8, 4) is 11.5 Å². The van der Waals surface area contributed by atoms with E-state index in [2.05, 4.69) is 17.2 Å². The number of ether oxygens (including phenoxy) is 2. The van der Waals surface area contributed by atoms with Crippen molar-refractivity contribution in [3.05, 3.63) is 102 Å². The number of allylic oxidation sites excluding steroid dienone is 1. The molecule has 0 unspecified atom stereocenters. The summed E-state index contributed by atoms with van der Waals surface area (Å²) in [5.41, 5.74) is 2.19. The van der Waals surface area contributed by atoms with E-state index in [0.717, 1.165) is 11.1 Å². The molecule has 1 aromatic heterocycles. The molecule has 3 rings (SSSR count). The van der Waals surface area contributed by atoms with E-state index in [1.807, 2.05) is 12.1 Å². The molecule has 2 N–H and O–H groups in total. The Morgan fingerprint density at radius 1 is 1.06 bits per heavy atom. The smallest absolute Gasteiger partial charge is 0.268 e. The molecule has 0 fully saturated rings. The maximum absolute atomic E-state index is 13.0. The van der Waals surface area contributed by atoms with Gasteiger partial charge in [-0.15, -0.1) is 6.58 Å². The Bertz CT molecular complexity index is 1130. The minimum absolute atomic E-state index is 0.0607. The lowest BCUT2D eigenvalue weighted by Gasteiger charge is -2.15. The van der Waals surface area contributed by atoms with Crippen molar-refractivity contribution in [1.82, 2.24) is 10.6 Å². The minimum atomic E-state index is -0.462. The first-order valence-corrected chi connectivity index (χ1v) is 10.3. The van der Waals surface area contributed by atoms with E-state index in [1.165, 1.54) is 12.3 Å². The van der Waals surface area contributed by atoms with Gasteiger partial charge in [-0.2, -0.15) is 0 Å². The molecule has 0 spiro atoms. The summed E-state index contributed by atoms with van der Waals surface area (Å²) >= 11 is 0. The normalized spacial score (nSPS) is 10.9. The number of carbonyl (C=O) groups excluding carboxylic acids is 2. The Balaban J connectivity index is 1.80. The summed E-state index contributed by atoms with van der Waals surface area (Å²) in [5.74, 6) is 0.761. The number of rotatable bonds is 10. The first-order chi connectivity index (χ1) is 16.0. The third-order valence-corrected chi connectivity index (χ3v) is 4.79. The number of furan rings is 1. The number of carbonyl (C=O) groups is 2. The summed E-state index contributed by atoms with van der Waals surface area (Å²) in [6.45, 7) is 3.99. The van der Waals surface area contributed by atoms with Gasteiger partial charge in [-0.25, -0.2) is 0 Å². The summed E-state index contributed by atoms with van der Waals surface area (Å²) in [6, 6.07) is 15.8. The monoisotopic (exact) mass is 446 g/mol. The van der Waals surface area contributed by atoms with Crippen LogP contribution in [0.4, 0.5) is 0 Å². The van der Waals surface area contributed by atoms with Crippen molar-refractivity contribution in [2.24, 2.45) is 0 Å². The number of nitrogens with one attached hydrogen (secondary N) is 2. The van der Waals surface area contributed by atoms with Crippen molar-refractivity contribution in [2.45, 2.75) is 13.0 Å². The molecule has 7 nitrogen and oxygen atoms in total. The molecule has 33 heavy (non-hydrogen) atoms. The van der Waals surface area contributed by atoms with Gasteiger partial charge in [0.1, 0.15) is 11.5 Å². The summed E-state index contributed by atoms with van der Waals surface area (Å²) in [7, 11) is 3.13. The summed E-state index contributed by atoms with van der Waals surface area (Å²) in [5, 5.41) is 5.51. The SMILES string of the molecule is C=CCc1cc(CNC(=O)/C(=C/c2ccco2)NC(=O)c2ccccc2)cc(OC)c1OC. The predicted octanol–water partition coefficient (Wildman–Crippen LogP) is 4.11. The molecule has 0 saturated carbocycles. The molecule has 0 radical (unpaired) electrons. The highest BCUT2D eigenvalue weighted by molar-refractivity contribution is 6.05. The highest BCUT2D eigenvalue weighted by Gasteiger charge is 2.17. The largest absolute Gasteiger partial charge is 0.493 e. The van der Waals surface area contributed by atoms with Crippen molar-refractivity contribution in [1.29, 1.82) is 0 Å². The second-order valence-corrected chi connectivity index (χ2v) is 7.06. The molecule has 0 aliphatic carbocycles. The molecule has 7 heteroatoms. The highest BCUT2D eigenvalue weighted by Crippen LogP contribution is 2.33. The standard InChI is InChI=1S/C26H26N2O5/c1-4-9-20-14-18(15-23(31-2)24(20)32-3)17-27-26(30)22(16-21-12-8-13-33-21)28-25(29)19-10-6-5-7-11-19/h4-8,10-16H,1,9,17H2,2-3H3,(H,27,30)(H,28,29)/b22-16-. The van der Waals surface area contributed by atoms with Crippen LogP contribution in [0.5, 0.6) is 11.5 Å². The van der Waals surface area contributed by atoms with E-state index in [4.69, 9.17) is 13.9 Å². The number of hydrogen-bond donors (Lipinski definition) is 2. The molecule has 3 aromatic rings. The lowest BCUT2D eigenvalue weighted by molar-refractivity contribution is -0.117. The van der Waals surface area contributed by atoms with Crippen molar-refractivity contribution in [3.63, 3.8) is 0 Å². The fraction of sp³-hybridized carbons (Fsp3) is 0.154. The van der Waals surface area contributed by atoms with E-state index >= 15 is 0 Å². The average molecular weight is 447 g/mol. The van der Waals surface area contributed by atoms with Gasteiger partial charge in [0.15, 0.2) is 11.5 Å². The van der Waals surface area contributed by atoms with Gasteiger partial charge < -0.3 is 24.5 Å². The van der Waals surface area contributed by atoms with Gasteiger partial charge in [0.2, 0.25) is 0 Å². The summed E-state index contributed by atoms with van der Waals surface area (Å²) in [4.78, 5) is 25.6. The van der Waals surface area contributed by atoms with Crippen molar-refractivity contribution in [2.75, 3.05) is 14.2 Å².